The molecule has 0 radical (unpaired) electrons. The molecular weight excluding hydrogens is 272 g/mol. The Morgan fingerprint density at radius 3 is 2.90 bits per heavy atom. The molecule has 0 aliphatic heterocycles. The molecule has 5 heteroatoms. The summed E-state index contributed by atoms with van der Waals surface area (Å²) in [6.07, 6.45) is 0. The highest BCUT2D eigenvalue weighted by Gasteiger charge is 2.11. The van der Waals surface area contributed by atoms with Crippen LogP contribution in [0.5, 0.6) is 5.75 Å². The summed E-state index contributed by atoms with van der Waals surface area (Å²) in [5, 5.41) is 5.50. The van der Waals surface area contributed by atoms with Crippen LogP contribution in [0.2, 0.25) is 0 Å². The maximum atomic E-state index is 5.77. The van der Waals surface area contributed by atoms with Gasteiger partial charge in [0.2, 0.25) is 0 Å². The minimum Gasteiger partial charge on any atom is -0.489 e. The van der Waals surface area contributed by atoms with Crippen LogP contribution in [0, 0.1) is 6.92 Å². The summed E-state index contributed by atoms with van der Waals surface area (Å²) in [6, 6.07) is 6.29. The van der Waals surface area contributed by atoms with Gasteiger partial charge in [0.15, 0.2) is 0 Å². The van der Waals surface area contributed by atoms with Crippen LogP contribution in [0.15, 0.2) is 29.1 Å². The van der Waals surface area contributed by atoms with Crippen molar-refractivity contribution in [1.29, 1.82) is 0 Å². The highest BCUT2D eigenvalue weighted by Crippen LogP contribution is 2.29. The molecule has 1 unspecified atom stereocenters. The van der Waals surface area contributed by atoms with Gasteiger partial charge >= 0.3 is 0 Å². The van der Waals surface area contributed by atoms with E-state index in [-0.39, 0.29) is 6.04 Å². The monoisotopic (exact) mass is 292 g/mol. The van der Waals surface area contributed by atoms with Crippen molar-refractivity contribution in [2.45, 2.75) is 19.9 Å². The van der Waals surface area contributed by atoms with Crippen molar-refractivity contribution in [2.24, 2.45) is 0 Å². The lowest BCUT2D eigenvalue weighted by atomic mass is 10.2. The van der Waals surface area contributed by atoms with E-state index in [2.05, 4.69) is 35.6 Å². The number of thiazole rings is 1. The maximum Gasteiger partial charge on any atom is 0.142 e. The van der Waals surface area contributed by atoms with E-state index in [0.29, 0.717) is 13.2 Å². The highest BCUT2D eigenvalue weighted by molar-refractivity contribution is 7.07. The van der Waals surface area contributed by atoms with Crippen LogP contribution in [0.1, 0.15) is 24.2 Å². The average Bonchev–Trinajstić information content (AvgIpc) is 2.96. The molecular formula is C15H20N2O2S. The van der Waals surface area contributed by atoms with Crippen molar-refractivity contribution in [3.05, 3.63) is 40.3 Å². The molecule has 0 bridgehead atoms. The van der Waals surface area contributed by atoms with E-state index in [4.69, 9.17) is 9.47 Å². The van der Waals surface area contributed by atoms with Crippen LogP contribution in [0.3, 0.4) is 0 Å². The fraction of sp³-hybridized carbons (Fsp3) is 0.400. The van der Waals surface area contributed by atoms with Gasteiger partial charge in [-0.05, 0) is 31.5 Å². The molecule has 2 rings (SSSR count). The predicted molar refractivity (Wildman–Crippen MR) is 82.7 cm³/mol. The van der Waals surface area contributed by atoms with Crippen LogP contribution in [0.25, 0.3) is 0 Å². The minimum atomic E-state index is 0.147. The Bertz CT molecular complexity index is 529. The van der Waals surface area contributed by atoms with Gasteiger partial charge in [-0.25, -0.2) is 4.98 Å². The number of aromatic nitrogens is 1. The number of aryl methyl sites for hydroxylation is 1. The van der Waals surface area contributed by atoms with Gasteiger partial charge in [-0.15, -0.1) is 11.3 Å². The summed E-state index contributed by atoms with van der Waals surface area (Å²) in [4.78, 5) is 4.33. The molecule has 20 heavy (non-hydrogen) atoms. The first-order chi connectivity index (χ1) is 9.70. The summed E-state index contributed by atoms with van der Waals surface area (Å²) in [5.74, 6) is 0.851. The Morgan fingerprint density at radius 1 is 1.35 bits per heavy atom. The lowest BCUT2D eigenvalue weighted by molar-refractivity contribution is 0.146. The van der Waals surface area contributed by atoms with Crippen LogP contribution < -0.4 is 10.1 Å². The molecule has 1 heterocycles. The van der Waals surface area contributed by atoms with Crippen molar-refractivity contribution in [2.75, 3.05) is 25.6 Å². The molecule has 0 aliphatic carbocycles. The van der Waals surface area contributed by atoms with E-state index in [1.165, 1.54) is 5.56 Å². The number of ether oxygens (including phenoxy) is 2. The summed E-state index contributed by atoms with van der Waals surface area (Å²) < 4.78 is 10.8. The van der Waals surface area contributed by atoms with E-state index >= 15 is 0 Å². The molecule has 1 N–H and O–H groups in total. The number of nitrogens with zero attached hydrogens (tertiary/aromatic N) is 1. The van der Waals surface area contributed by atoms with E-state index in [9.17, 15) is 0 Å². The van der Waals surface area contributed by atoms with Gasteiger partial charge in [0, 0.05) is 12.5 Å². The topological polar surface area (TPSA) is 43.4 Å². The molecule has 0 amide bonds. The van der Waals surface area contributed by atoms with Crippen LogP contribution >= 0.6 is 11.3 Å². The van der Waals surface area contributed by atoms with Crippen molar-refractivity contribution in [1.82, 2.24) is 4.98 Å². The molecule has 108 valence electrons. The maximum absolute atomic E-state index is 5.77. The van der Waals surface area contributed by atoms with Crippen molar-refractivity contribution >= 4 is 17.0 Å². The average molecular weight is 292 g/mol. The number of anilines is 1. The summed E-state index contributed by atoms with van der Waals surface area (Å²) in [7, 11) is 1.67. The van der Waals surface area contributed by atoms with Gasteiger partial charge in [-0.2, -0.15) is 0 Å². The van der Waals surface area contributed by atoms with E-state index in [1.807, 2.05) is 17.6 Å². The zero-order valence-corrected chi connectivity index (χ0v) is 12.9. The molecule has 4 nitrogen and oxygen atoms in total. The number of hydrogen-bond donors (Lipinski definition) is 1. The largest absolute Gasteiger partial charge is 0.489 e. The Labute approximate surface area is 123 Å². The molecule has 0 aliphatic rings. The first-order valence-electron chi connectivity index (χ1n) is 6.57. The molecule has 2 aromatic rings. The number of rotatable bonds is 7. The first kappa shape index (κ1) is 14.8. The number of hydrogen-bond acceptors (Lipinski definition) is 5. The predicted octanol–water partition coefficient (Wildman–Crippen LogP) is 3.65. The van der Waals surface area contributed by atoms with Gasteiger partial charge < -0.3 is 14.8 Å². The quantitative estimate of drug-likeness (QED) is 0.791. The normalized spacial score (nSPS) is 12.2. The van der Waals surface area contributed by atoms with Crippen molar-refractivity contribution < 1.29 is 9.47 Å². The zero-order valence-electron chi connectivity index (χ0n) is 12.1. The van der Waals surface area contributed by atoms with Gasteiger partial charge in [0.05, 0.1) is 29.5 Å². The standard InChI is InChI=1S/C15H20N2O2S/c1-11-4-5-13(15(8-11)19-7-6-18-3)17-12(2)14-9-20-10-16-14/h4-5,8-10,12,17H,6-7H2,1-3H3. The van der Waals surface area contributed by atoms with E-state index in [1.54, 1.807) is 18.4 Å². The van der Waals surface area contributed by atoms with Crippen LogP contribution in [-0.4, -0.2) is 25.3 Å². The summed E-state index contributed by atoms with van der Waals surface area (Å²) in [5.41, 5.74) is 5.04. The van der Waals surface area contributed by atoms with Crippen LogP contribution in [0.4, 0.5) is 5.69 Å². The van der Waals surface area contributed by atoms with Gasteiger partial charge in [-0.1, -0.05) is 6.07 Å². The van der Waals surface area contributed by atoms with Gasteiger partial charge in [0.25, 0.3) is 0 Å². The fourth-order valence-electron chi connectivity index (χ4n) is 1.85. The lowest BCUT2D eigenvalue weighted by Crippen LogP contribution is -2.10. The SMILES string of the molecule is COCCOc1cc(C)ccc1NC(C)c1cscn1. The summed E-state index contributed by atoms with van der Waals surface area (Å²) in [6.45, 7) is 5.26. The third-order valence-corrected chi connectivity index (χ3v) is 3.55. The Morgan fingerprint density at radius 2 is 2.20 bits per heavy atom. The smallest absolute Gasteiger partial charge is 0.142 e. The van der Waals surface area contributed by atoms with Crippen molar-refractivity contribution in [3.63, 3.8) is 0 Å². The van der Waals surface area contributed by atoms with Gasteiger partial charge in [0.1, 0.15) is 12.4 Å². The zero-order chi connectivity index (χ0) is 14.4. The Kier molecular flexibility index (Phi) is 5.38. The Balaban J connectivity index is 2.09. The highest BCUT2D eigenvalue weighted by atomic mass is 32.1. The lowest BCUT2D eigenvalue weighted by Gasteiger charge is -2.17. The second kappa shape index (κ2) is 7.26. The number of benzene rings is 1. The molecule has 1 aromatic carbocycles. The van der Waals surface area contributed by atoms with Gasteiger partial charge in [-0.3, -0.25) is 0 Å². The Hall–Kier alpha value is -1.59. The molecule has 0 spiro atoms. The molecule has 0 saturated heterocycles. The number of methoxy groups -OCH3 is 1. The second-order valence-electron chi connectivity index (χ2n) is 4.62. The third-order valence-electron chi connectivity index (χ3n) is 2.95. The molecule has 1 atom stereocenters. The molecule has 0 fully saturated rings. The first-order valence-corrected chi connectivity index (χ1v) is 7.52. The fourth-order valence-corrected chi connectivity index (χ4v) is 2.49. The number of nitrogens with one attached hydrogen (secondary N) is 1. The minimum absolute atomic E-state index is 0.147. The summed E-state index contributed by atoms with van der Waals surface area (Å²) >= 11 is 1.60. The molecule has 1 aromatic heterocycles. The second-order valence-corrected chi connectivity index (χ2v) is 5.34. The molecule has 0 saturated carbocycles. The van der Waals surface area contributed by atoms with Crippen molar-refractivity contribution in [3.8, 4) is 5.75 Å². The van der Waals surface area contributed by atoms with Crippen LogP contribution in [-0.2, 0) is 4.74 Å². The van der Waals surface area contributed by atoms with E-state index < -0.39 is 0 Å². The van der Waals surface area contributed by atoms with E-state index in [0.717, 1.165) is 17.1 Å². The third kappa shape index (κ3) is 3.95.